The van der Waals surface area contributed by atoms with Gasteiger partial charge in [0.1, 0.15) is 0 Å². The van der Waals surface area contributed by atoms with Crippen molar-refractivity contribution in [1.82, 2.24) is 4.31 Å². The molecule has 0 aromatic heterocycles. The first-order valence-corrected chi connectivity index (χ1v) is 10.8. The number of piperidine rings is 1. The van der Waals surface area contributed by atoms with E-state index in [0.29, 0.717) is 23.4 Å². The second-order valence-electron chi connectivity index (χ2n) is 6.84. The molecule has 0 radical (unpaired) electrons. The Balaban J connectivity index is 1.74. The quantitative estimate of drug-likeness (QED) is 0.832. The minimum absolute atomic E-state index is 0.0399. The van der Waals surface area contributed by atoms with Crippen LogP contribution >= 0.6 is 0 Å². The van der Waals surface area contributed by atoms with E-state index in [1.54, 1.807) is 28.6 Å². The zero-order valence-corrected chi connectivity index (χ0v) is 16.6. The summed E-state index contributed by atoms with van der Waals surface area (Å²) in [5.41, 5.74) is 1.45. The van der Waals surface area contributed by atoms with Gasteiger partial charge in [-0.05, 0) is 67.8 Å². The molecule has 0 aliphatic carbocycles. The van der Waals surface area contributed by atoms with Crippen molar-refractivity contribution in [2.75, 3.05) is 11.9 Å². The lowest BCUT2D eigenvalue weighted by atomic mass is 10.0. The summed E-state index contributed by atoms with van der Waals surface area (Å²) in [6, 6.07) is 14.6. The number of amides is 1. The summed E-state index contributed by atoms with van der Waals surface area (Å²) in [7, 11) is -3.56. The Morgan fingerprint density at radius 1 is 1.14 bits per heavy atom. The van der Waals surface area contributed by atoms with Crippen molar-refractivity contribution in [3.63, 3.8) is 0 Å². The van der Waals surface area contributed by atoms with Crippen molar-refractivity contribution in [2.45, 2.75) is 43.5 Å². The van der Waals surface area contributed by atoms with E-state index in [2.05, 4.69) is 5.32 Å². The molecule has 3 rings (SSSR count). The van der Waals surface area contributed by atoms with Gasteiger partial charge in [0.25, 0.3) is 5.91 Å². The van der Waals surface area contributed by atoms with E-state index in [-0.39, 0.29) is 16.8 Å². The third-order valence-corrected chi connectivity index (χ3v) is 7.01. The van der Waals surface area contributed by atoms with Crippen LogP contribution in [0.1, 0.15) is 48.5 Å². The van der Waals surface area contributed by atoms with Crippen molar-refractivity contribution in [3.8, 4) is 6.07 Å². The second kappa shape index (κ2) is 8.55. The topological polar surface area (TPSA) is 90.3 Å². The van der Waals surface area contributed by atoms with Crippen molar-refractivity contribution >= 4 is 21.6 Å². The average molecular weight is 398 g/mol. The molecular weight excluding hydrogens is 374 g/mol. The van der Waals surface area contributed by atoms with E-state index in [1.807, 2.05) is 13.0 Å². The van der Waals surface area contributed by atoms with Gasteiger partial charge in [-0.2, -0.15) is 9.57 Å². The number of benzene rings is 2. The molecule has 1 amide bonds. The molecule has 1 heterocycles. The molecule has 6 nitrogen and oxygen atoms in total. The van der Waals surface area contributed by atoms with E-state index in [9.17, 15) is 13.2 Å². The molecule has 1 aliphatic heterocycles. The van der Waals surface area contributed by atoms with Crippen LogP contribution in [-0.4, -0.2) is 31.2 Å². The first-order chi connectivity index (χ1) is 13.5. The van der Waals surface area contributed by atoms with Crippen LogP contribution in [0.15, 0.2) is 53.4 Å². The van der Waals surface area contributed by atoms with Crippen LogP contribution in [0.4, 0.5) is 5.69 Å². The highest BCUT2D eigenvalue weighted by atomic mass is 32.2. The fourth-order valence-electron chi connectivity index (χ4n) is 3.44. The summed E-state index contributed by atoms with van der Waals surface area (Å²) in [5.74, 6) is -0.335. The number of hydrogen-bond acceptors (Lipinski definition) is 4. The van der Waals surface area contributed by atoms with Crippen molar-refractivity contribution in [1.29, 1.82) is 5.26 Å². The number of nitriles is 1. The number of nitrogens with one attached hydrogen (secondary N) is 1. The number of carbonyl (C=O) groups is 1. The van der Waals surface area contributed by atoms with Crippen LogP contribution < -0.4 is 5.32 Å². The Bertz CT molecular complexity index is 977. The number of hydrogen-bond donors (Lipinski definition) is 1. The summed E-state index contributed by atoms with van der Waals surface area (Å²) in [6.45, 7) is 2.55. The predicted molar refractivity (Wildman–Crippen MR) is 107 cm³/mol. The first-order valence-electron chi connectivity index (χ1n) is 9.39. The molecule has 1 aliphatic rings. The second-order valence-corrected chi connectivity index (χ2v) is 8.73. The molecule has 0 bridgehead atoms. The number of rotatable bonds is 5. The number of nitrogens with zero attached hydrogens (tertiary/aromatic N) is 2. The van der Waals surface area contributed by atoms with Crippen molar-refractivity contribution < 1.29 is 13.2 Å². The van der Waals surface area contributed by atoms with Crippen LogP contribution in [0, 0.1) is 11.3 Å². The van der Waals surface area contributed by atoms with E-state index >= 15 is 0 Å². The average Bonchev–Trinajstić information content (AvgIpc) is 2.74. The van der Waals surface area contributed by atoms with Gasteiger partial charge in [-0.15, -0.1) is 0 Å². The Morgan fingerprint density at radius 2 is 1.82 bits per heavy atom. The lowest BCUT2D eigenvalue weighted by molar-refractivity contribution is 0.102. The highest BCUT2D eigenvalue weighted by molar-refractivity contribution is 7.89. The van der Waals surface area contributed by atoms with Crippen LogP contribution in [0.2, 0.25) is 0 Å². The van der Waals surface area contributed by atoms with Crippen LogP contribution in [0.25, 0.3) is 0 Å². The summed E-state index contributed by atoms with van der Waals surface area (Å²) >= 11 is 0. The fourth-order valence-corrected chi connectivity index (χ4v) is 5.21. The van der Waals surface area contributed by atoms with Gasteiger partial charge < -0.3 is 5.32 Å². The predicted octanol–water partition coefficient (Wildman–Crippen LogP) is 3.76. The normalized spacial score (nSPS) is 17.6. The Labute approximate surface area is 165 Å². The summed E-state index contributed by atoms with van der Waals surface area (Å²) in [6.07, 6.45) is 3.62. The van der Waals surface area contributed by atoms with Gasteiger partial charge in [0.2, 0.25) is 10.0 Å². The molecule has 2 aromatic rings. The first kappa shape index (κ1) is 20.1. The smallest absolute Gasteiger partial charge is 0.255 e. The van der Waals surface area contributed by atoms with E-state index < -0.39 is 10.0 Å². The standard InChI is InChI=1S/C21H23N3O3S/c1-2-19-5-3-4-14-24(19)28(26,27)20-12-8-17(9-13-20)21(25)23-18-10-6-16(15-22)7-11-18/h6-13,19H,2-5,14H2,1H3,(H,23,25). The van der Waals surface area contributed by atoms with Gasteiger partial charge in [0, 0.05) is 23.8 Å². The molecule has 1 saturated heterocycles. The highest BCUT2D eigenvalue weighted by Gasteiger charge is 2.32. The van der Waals surface area contributed by atoms with Crippen molar-refractivity contribution in [2.24, 2.45) is 0 Å². The molecule has 7 heteroatoms. The minimum Gasteiger partial charge on any atom is -0.322 e. The minimum atomic E-state index is -3.56. The summed E-state index contributed by atoms with van der Waals surface area (Å²) in [4.78, 5) is 12.6. The van der Waals surface area contributed by atoms with E-state index in [4.69, 9.17) is 5.26 Å². The molecule has 1 fully saturated rings. The van der Waals surface area contributed by atoms with E-state index in [1.165, 1.54) is 24.3 Å². The van der Waals surface area contributed by atoms with E-state index in [0.717, 1.165) is 25.7 Å². The maximum absolute atomic E-state index is 13.0. The SMILES string of the molecule is CCC1CCCCN1S(=O)(=O)c1ccc(C(=O)Nc2ccc(C#N)cc2)cc1. The lowest BCUT2D eigenvalue weighted by Crippen LogP contribution is -2.43. The molecular formula is C21H23N3O3S. The van der Waals surface area contributed by atoms with Crippen LogP contribution in [-0.2, 0) is 10.0 Å². The van der Waals surface area contributed by atoms with Gasteiger partial charge in [-0.1, -0.05) is 13.3 Å². The summed E-state index contributed by atoms with van der Waals surface area (Å²) in [5, 5.41) is 11.6. The highest BCUT2D eigenvalue weighted by Crippen LogP contribution is 2.27. The van der Waals surface area contributed by atoms with Gasteiger partial charge in [-0.25, -0.2) is 8.42 Å². The molecule has 1 atom stereocenters. The molecule has 2 aromatic carbocycles. The molecule has 0 spiro atoms. The molecule has 1 unspecified atom stereocenters. The molecule has 0 saturated carbocycles. The van der Waals surface area contributed by atoms with Gasteiger partial charge in [-0.3, -0.25) is 4.79 Å². The summed E-state index contributed by atoms with van der Waals surface area (Å²) < 4.78 is 27.6. The fraction of sp³-hybridized carbons (Fsp3) is 0.333. The maximum atomic E-state index is 13.0. The lowest BCUT2D eigenvalue weighted by Gasteiger charge is -2.34. The molecule has 146 valence electrons. The number of anilines is 1. The zero-order valence-electron chi connectivity index (χ0n) is 15.8. The van der Waals surface area contributed by atoms with Gasteiger partial charge in [0.05, 0.1) is 16.5 Å². The van der Waals surface area contributed by atoms with Gasteiger partial charge >= 0.3 is 0 Å². The number of carbonyl (C=O) groups excluding carboxylic acids is 1. The van der Waals surface area contributed by atoms with Crippen LogP contribution in [0.5, 0.6) is 0 Å². The Morgan fingerprint density at radius 3 is 2.43 bits per heavy atom. The molecule has 1 N–H and O–H groups in total. The third-order valence-electron chi connectivity index (χ3n) is 5.04. The zero-order chi connectivity index (χ0) is 20.1. The third kappa shape index (κ3) is 4.24. The van der Waals surface area contributed by atoms with Crippen molar-refractivity contribution in [3.05, 3.63) is 59.7 Å². The number of sulfonamides is 1. The largest absolute Gasteiger partial charge is 0.322 e. The Kier molecular flexibility index (Phi) is 6.12. The van der Waals surface area contributed by atoms with Gasteiger partial charge in [0.15, 0.2) is 0 Å². The Hall–Kier alpha value is -2.69. The maximum Gasteiger partial charge on any atom is 0.255 e. The monoisotopic (exact) mass is 397 g/mol. The van der Waals surface area contributed by atoms with Crippen LogP contribution in [0.3, 0.4) is 0 Å². The molecule has 28 heavy (non-hydrogen) atoms.